The molecule has 0 fully saturated rings. The number of esters is 1. The zero-order valence-electron chi connectivity index (χ0n) is 11.9. The second-order valence-corrected chi connectivity index (χ2v) is 5.68. The van der Waals surface area contributed by atoms with Gasteiger partial charge in [0.25, 0.3) is 0 Å². The van der Waals surface area contributed by atoms with Crippen molar-refractivity contribution in [1.29, 1.82) is 5.26 Å². The first-order chi connectivity index (χ1) is 10.7. The average Bonchev–Trinajstić information content (AvgIpc) is 2.53. The normalized spacial score (nSPS) is 12.2. The van der Waals surface area contributed by atoms with Gasteiger partial charge in [0, 0.05) is 9.69 Å². The average molecular weight is 354 g/mol. The van der Waals surface area contributed by atoms with Crippen LogP contribution in [0.5, 0.6) is 0 Å². The second kappa shape index (κ2) is 5.78. The molecule has 0 amide bonds. The number of carbonyl (C=O) groups is 1. The molecule has 3 aromatic carbocycles. The lowest BCUT2D eigenvalue weighted by Crippen LogP contribution is -2.16. The molecule has 3 aromatic rings. The summed E-state index contributed by atoms with van der Waals surface area (Å²) >= 11 is 3.54. The number of hydrogen-bond donors (Lipinski definition) is 0. The van der Waals surface area contributed by atoms with Crippen molar-refractivity contribution in [3.05, 3.63) is 52.2 Å². The van der Waals surface area contributed by atoms with E-state index in [9.17, 15) is 10.1 Å². The fourth-order valence-corrected chi connectivity index (χ4v) is 3.23. The lowest BCUT2D eigenvalue weighted by molar-refractivity contribution is -0.136. The van der Waals surface area contributed by atoms with Crippen LogP contribution in [0.25, 0.3) is 27.1 Å². The van der Waals surface area contributed by atoms with Gasteiger partial charge in [-0.05, 0) is 34.5 Å². The maximum Gasteiger partial charge on any atom is 0.349 e. The van der Waals surface area contributed by atoms with Crippen molar-refractivity contribution < 1.29 is 9.53 Å². The van der Waals surface area contributed by atoms with Gasteiger partial charge in [-0.3, -0.25) is 0 Å². The first kappa shape index (κ1) is 14.6. The number of hydrogen-bond acceptors (Lipinski definition) is 3. The van der Waals surface area contributed by atoms with Gasteiger partial charge >= 0.3 is 5.97 Å². The van der Waals surface area contributed by atoms with Gasteiger partial charge in [0.05, 0.1) is 6.61 Å². The van der Waals surface area contributed by atoms with E-state index in [0.717, 1.165) is 26.0 Å². The Labute approximate surface area is 135 Å². The smallest absolute Gasteiger partial charge is 0.349 e. The number of carbonyl (C=O) groups excluding carboxylic acids is 1. The zero-order valence-corrected chi connectivity index (χ0v) is 13.5. The molecule has 0 radical (unpaired) electrons. The molecule has 0 aliphatic carbocycles. The SMILES string of the molecule is CCOC(=O)/C(C#N)=c1\cc(Br)c2cccc3cccc1c32. The van der Waals surface area contributed by atoms with E-state index < -0.39 is 5.97 Å². The molecule has 0 saturated carbocycles. The van der Waals surface area contributed by atoms with Crippen molar-refractivity contribution in [2.45, 2.75) is 6.92 Å². The summed E-state index contributed by atoms with van der Waals surface area (Å²) in [4.78, 5) is 12.1. The van der Waals surface area contributed by atoms with E-state index in [4.69, 9.17) is 4.74 Å². The van der Waals surface area contributed by atoms with Crippen LogP contribution in [0.3, 0.4) is 0 Å². The molecule has 0 unspecified atom stereocenters. The number of halogens is 1. The minimum Gasteiger partial charge on any atom is -0.462 e. The number of benzene rings is 3. The molecule has 0 spiro atoms. The third-order valence-electron chi connectivity index (χ3n) is 3.58. The quantitative estimate of drug-likeness (QED) is 0.659. The van der Waals surface area contributed by atoms with Crippen LogP contribution in [0, 0.1) is 11.3 Å². The van der Waals surface area contributed by atoms with E-state index in [1.807, 2.05) is 48.5 Å². The third kappa shape index (κ3) is 2.24. The number of nitrogens with zero attached hydrogens (tertiary/aromatic N) is 1. The lowest BCUT2D eigenvalue weighted by atomic mass is 9.97. The molecule has 108 valence electrons. The number of nitriles is 1. The molecule has 0 saturated heterocycles. The van der Waals surface area contributed by atoms with Gasteiger partial charge in [-0.25, -0.2) is 4.79 Å². The van der Waals surface area contributed by atoms with E-state index >= 15 is 0 Å². The molecule has 0 aromatic heterocycles. The van der Waals surface area contributed by atoms with Crippen LogP contribution in [-0.4, -0.2) is 12.6 Å². The van der Waals surface area contributed by atoms with Crippen LogP contribution in [0.1, 0.15) is 6.92 Å². The Morgan fingerprint density at radius 3 is 2.55 bits per heavy atom. The van der Waals surface area contributed by atoms with Crippen molar-refractivity contribution in [2.24, 2.45) is 0 Å². The summed E-state index contributed by atoms with van der Waals surface area (Å²) in [5.74, 6) is -0.590. The topological polar surface area (TPSA) is 50.1 Å². The molecular formula is C18H12BrNO2. The summed E-state index contributed by atoms with van der Waals surface area (Å²) in [5.41, 5.74) is 0.0285. The van der Waals surface area contributed by atoms with Crippen LogP contribution in [0.2, 0.25) is 0 Å². The summed E-state index contributed by atoms with van der Waals surface area (Å²) in [7, 11) is 0. The summed E-state index contributed by atoms with van der Waals surface area (Å²) in [5, 5.41) is 14.0. The first-order valence-electron chi connectivity index (χ1n) is 6.88. The fourth-order valence-electron chi connectivity index (χ4n) is 2.67. The van der Waals surface area contributed by atoms with Gasteiger partial charge < -0.3 is 4.74 Å². The molecule has 0 N–H and O–H groups in total. The van der Waals surface area contributed by atoms with Gasteiger partial charge in [-0.15, -0.1) is 0 Å². The second-order valence-electron chi connectivity index (χ2n) is 4.82. The molecule has 3 rings (SSSR count). The highest BCUT2D eigenvalue weighted by molar-refractivity contribution is 9.10. The Kier molecular flexibility index (Phi) is 3.82. The maximum absolute atomic E-state index is 12.1. The predicted octanol–water partition coefficient (Wildman–Crippen LogP) is 3.71. The Morgan fingerprint density at radius 1 is 1.23 bits per heavy atom. The number of rotatable bonds is 2. The third-order valence-corrected chi connectivity index (χ3v) is 4.24. The lowest BCUT2D eigenvalue weighted by Gasteiger charge is -2.09. The molecule has 3 nitrogen and oxygen atoms in total. The summed E-state index contributed by atoms with van der Waals surface area (Å²) in [6, 6.07) is 15.7. The van der Waals surface area contributed by atoms with Crippen LogP contribution < -0.4 is 5.22 Å². The van der Waals surface area contributed by atoms with Crippen molar-refractivity contribution in [3.63, 3.8) is 0 Å². The standard InChI is InChI=1S/C18H12BrNO2/c1-2-22-18(21)15(10-20)14-9-16(19)13-8-4-6-11-5-3-7-12(14)17(11)13/h3-9H,2H2,1H3/b15-14+. The highest BCUT2D eigenvalue weighted by Gasteiger charge is 2.15. The molecule has 22 heavy (non-hydrogen) atoms. The molecule has 0 heterocycles. The van der Waals surface area contributed by atoms with Crippen molar-refractivity contribution in [2.75, 3.05) is 6.61 Å². The van der Waals surface area contributed by atoms with Gasteiger partial charge in [0.2, 0.25) is 0 Å². The zero-order chi connectivity index (χ0) is 15.7. The van der Waals surface area contributed by atoms with E-state index in [-0.39, 0.29) is 12.2 Å². The molecule has 0 aliphatic heterocycles. The largest absolute Gasteiger partial charge is 0.462 e. The predicted molar refractivity (Wildman–Crippen MR) is 90.0 cm³/mol. The molecule has 0 bridgehead atoms. The molecule has 4 heteroatoms. The highest BCUT2D eigenvalue weighted by Crippen LogP contribution is 2.30. The van der Waals surface area contributed by atoms with Crippen LogP contribution in [-0.2, 0) is 9.53 Å². The summed E-state index contributed by atoms with van der Waals surface area (Å²) in [6.07, 6.45) is 0. The molecule has 0 atom stereocenters. The van der Waals surface area contributed by atoms with E-state index in [0.29, 0.717) is 5.22 Å². The Balaban J connectivity index is 2.54. The monoisotopic (exact) mass is 353 g/mol. The summed E-state index contributed by atoms with van der Waals surface area (Å²) in [6.45, 7) is 1.96. The van der Waals surface area contributed by atoms with Gasteiger partial charge in [0.1, 0.15) is 11.6 Å². The van der Waals surface area contributed by atoms with Gasteiger partial charge in [0.15, 0.2) is 0 Å². The minimum absolute atomic E-state index is 0.0285. The van der Waals surface area contributed by atoms with Crippen molar-refractivity contribution >= 4 is 49.0 Å². The maximum atomic E-state index is 12.1. The Hall–Kier alpha value is -2.38. The Morgan fingerprint density at radius 2 is 1.91 bits per heavy atom. The summed E-state index contributed by atoms with van der Waals surface area (Å²) < 4.78 is 5.85. The highest BCUT2D eigenvalue weighted by atomic mass is 79.9. The minimum atomic E-state index is -0.590. The molecule has 0 aliphatic rings. The molecular weight excluding hydrogens is 342 g/mol. The van der Waals surface area contributed by atoms with Crippen molar-refractivity contribution in [3.8, 4) is 6.07 Å². The van der Waals surface area contributed by atoms with E-state index in [1.54, 1.807) is 6.92 Å². The fraction of sp³-hybridized carbons (Fsp3) is 0.111. The first-order valence-corrected chi connectivity index (χ1v) is 7.68. The van der Waals surface area contributed by atoms with Crippen LogP contribution in [0.15, 0.2) is 46.9 Å². The van der Waals surface area contributed by atoms with Gasteiger partial charge in [-0.2, -0.15) is 5.26 Å². The Bertz CT molecular complexity index is 980. The van der Waals surface area contributed by atoms with Crippen LogP contribution >= 0.6 is 15.9 Å². The van der Waals surface area contributed by atoms with Crippen molar-refractivity contribution in [1.82, 2.24) is 0 Å². The van der Waals surface area contributed by atoms with Gasteiger partial charge in [-0.1, -0.05) is 52.3 Å². The van der Waals surface area contributed by atoms with E-state index in [1.165, 1.54) is 0 Å². The number of ether oxygens (including phenoxy) is 1. The van der Waals surface area contributed by atoms with E-state index in [2.05, 4.69) is 15.9 Å². The van der Waals surface area contributed by atoms with Crippen LogP contribution in [0.4, 0.5) is 0 Å².